The minimum atomic E-state index is -0.648. The highest BCUT2D eigenvalue weighted by atomic mass is 79.9. The predicted molar refractivity (Wildman–Crippen MR) is 93.3 cm³/mol. The summed E-state index contributed by atoms with van der Waals surface area (Å²) in [6.07, 6.45) is -0.648. The number of carbonyl (C=O) groups excluding carboxylic acids is 1. The molecule has 0 spiro atoms. The molecule has 1 fully saturated rings. The van der Waals surface area contributed by atoms with Gasteiger partial charge in [-0.15, -0.1) is 0 Å². The molecule has 0 aliphatic carbocycles. The number of hydrogen-bond acceptors (Lipinski definition) is 3. The first kappa shape index (κ1) is 16.0. The Morgan fingerprint density at radius 2 is 1.87 bits per heavy atom. The Morgan fingerprint density at radius 3 is 2.48 bits per heavy atom. The van der Waals surface area contributed by atoms with E-state index in [1.54, 1.807) is 0 Å². The number of amides is 1. The van der Waals surface area contributed by atoms with E-state index in [4.69, 9.17) is 4.74 Å². The Balaban J connectivity index is 1.72. The third-order valence-electron chi connectivity index (χ3n) is 3.84. The summed E-state index contributed by atoms with van der Waals surface area (Å²) in [6.45, 7) is 2.60. The SMILES string of the molecule is O=C(NCC1CNC1)C(Oc1ccc(Br)cc1)c1ccccc1. The zero-order valence-corrected chi connectivity index (χ0v) is 14.3. The molecule has 1 heterocycles. The summed E-state index contributed by atoms with van der Waals surface area (Å²) in [5, 5.41) is 6.21. The van der Waals surface area contributed by atoms with Crippen LogP contribution in [0.3, 0.4) is 0 Å². The summed E-state index contributed by atoms with van der Waals surface area (Å²) in [7, 11) is 0. The molecule has 0 bridgehead atoms. The lowest BCUT2D eigenvalue weighted by atomic mass is 10.0. The lowest BCUT2D eigenvalue weighted by Gasteiger charge is -2.28. The number of nitrogens with one attached hydrogen (secondary N) is 2. The highest BCUT2D eigenvalue weighted by molar-refractivity contribution is 9.10. The third kappa shape index (κ3) is 4.33. The third-order valence-corrected chi connectivity index (χ3v) is 4.37. The van der Waals surface area contributed by atoms with Crippen LogP contribution < -0.4 is 15.4 Å². The van der Waals surface area contributed by atoms with Gasteiger partial charge in [0.25, 0.3) is 5.91 Å². The molecule has 2 N–H and O–H groups in total. The lowest BCUT2D eigenvalue weighted by Crippen LogP contribution is -2.49. The fraction of sp³-hybridized carbons (Fsp3) is 0.278. The van der Waals surface area contributed by atoms with Crippen LogP contribution in [-0.4, -0.2) is 25.5 Å². The van der Waals surface area contributed by atoms with E-state index < -0.39 is 6.10 Å². The van der Waals surface area contributed by atoms with Gasteiger partial charge in [0.05, 0.1) is 0 Å². The van der Waals surface area contributed by atoms with Gasteiger partial charge in [-0.05, 0) is 24.3 Å². The number of ether oxygens (including phenoxy) is 1. The molecule has 2 aromatic carbocycles. The topological polar surface area (TPSA) is 50.4 Å². The number of benzene rings is 2. The van der Waals surface area contributed by atoms with Crippen LogP contribution in [0.1, 0.15) is 11.7 Å². The van der Waals surface area contributed by atoms with Crippen LogP contribution in [0.25, 0.3) is 0 Å². The van der Waals surface area contributed by atoms with Crippen molar-refractivity contribution >= 4 is 21.8 Å². The Morgan fingerprint density at radius 1 is 1.17 bits per heavy atom. The van der Waals surface area contributed by atoms with E-state index >= 15 is 0 Å². The van der Waals surface area contributed by atoms with Crippen molar-refractivity contribution in [2.24, 2.45) is 5.92 Å². The van der Waals surface area contributed by atoms with Crippen LogP contribution in [-0.2, 0) is 4.79 Å². The maximum atomic E-state index is 12.6. The fourth-order valence-corrected chi connectivity index (χ4v) is 2.64. The standard InChI is InChI=1S/C18H19BrN2O2/c19-15-6-8-16(9-7-15)23-17(14-4-2-1-3-5-14)18(22)21-12-13-10-20-11-13/h1-9,13,17,20H,10-12H2,(H,21,22). The van der Waals surface area contributed by atoms with Crippen LogP contribution in [0.2, 0.25) is 0 Å². The minimum Gasteiger partial charge on any atom is -0.476 e. The van der Waals surface area contributed by atoms with Gasteiger partial charge < -0.3 is 15.4 Å². The van der Waals surface area contributed by atoms with E-state index in [1.165, 1.54) is 0 Å². The maximum absolute atomic E-state index is 12.6. The van der Waals surface area contributed by atoms with Crippen molar-refractivity contribution in [1.82, 2.24) is 10.6 Å². The van der Waals surface area contributed by atoms with Crippen LogP contribution in [0.15, 0.2) is 59.1 Å². The Bertz CT molecular complexity index is 642. The van der Waals surface area contributed by atoms with Crippen molar-refractivity contribution in [2.45, 2.75) is 6.10 Å². The number of halogens is 1. The van der Waals surface area contributed by atoms with Crippen molar-refractivity contribution in [3.05, 3.63) is 64.6 Å². The number of rotatable bonds is 6. The molecule has 1 aliphatic heterocycles. The number of hydrogen-bond donors (Lipinski definition) is 2. The normalized spacial score (nSPS) is 15.5. The predicted octanol–water partition coefficient (Wildman–Crippen LogP) is 2.90. The molecule has 120 valence electrons. The molecule has 0 saturated carbocycles. The van der Waals surface area contributed by atoms with Crippen molar-refractivity contribution in [1.29, 1.82) is 0 Å². The molecule has 1 amide bonds. The van der Waals surface area contributed by atoms with Crippen LogP contribution in [0, 0.1) is 5.92 Å². The molecule has 0 radical (unpaired) electrons. The second-order valence-electron chi connectivity index (χ2n) is 5.63. The van der Waals surface area contributed by atoms with Gasteiger partial charge in [-0.2, -0.15) is 0 Å². The summed E-state index contributed by atoms with van der Waals surface area (Å²) in [6, 6.07) is 17.1. The molecule has 23 heavy (non-hydrogen) atoms. The van der Waals surface area contributed by atoms with E-state index in [1.807, 2.05) is 54.6 Å². The summed E-state index contributed by atoms with van der Waals surface area (Å²) < 4.78 is 6.93. The van der Waals surface area contributed by atoms with E-state index in [9.17, 15) is 4.79 Å². The summed E-state index contributed by atoms with van der Waals surface area (Å²) in [4.78, 5) is 12.6. The highest BCUT2D eigenvalue weighted by Gasteiger charge is 2.24. The lowest BCUT2D eigenvalue weighted by molar-refractivity contribution is -0.128. The van der Waals surface area contributed by atoms with Crippen molar-refractivity contribution < 1.29 is 9.53 Å². The quantitative estimate of drug-likeness (QED) is 0.817. The Hall–Kier alpha value is -1.85. The largest absolute Gasteiger partial charge is 0.476 e. The van der Waals surface area contributed by atoms with E-state index in [2.05, 4.69) is 26.6 Å². The van der Waals surface area contributed by atoms with Gasteiger partial charge in [0, 0.05) is 35.6 Å². The van der Waals surface area contributed by atoms with Crippen molar-refractivity contribution in [3.63, 3.8) is 0 Å². The number of carbonyl (C=O) groups is 1. The molecule has 1 aliphatic rings. The van der Waals surface area contributed by atoms with Crippen molar-refractivity contribution in [2.75, 3.05) is 19.6 Å². The van der Waals surface area contributed by atoms with E-state index in [0.29, 0.717) is 18.2 Å². The maximum Gasteiger partial charge on any atom is 0.265 e. The Labute approximate surface area is 144 Å². The first-order chi connectivity index (χ1) is 11.2. The average molecular weight is 375 g/mol. The molecule has 1 saturated heterocycles. The molecule has 5 heteroatoms. The van der Waals surface area contributed by atoms with E-state index in [-0.39, 0.29) is 5.91 Å². The van der Waals surface area contributed by atoms with Gasteiger partial charge in [-0.1, -0.05) is 46.3 Å². The molecule has 0 aromatic heterocycles. The van der Waals surface area contributed by atoms with Gasteiger partial charge in [0.2, 0.25) is 6.10 Å². The monoisotopic (exact) mass is 374 g/mol. The smallest absolute Gasteiger partial charge is 0.265 e. The first-order valence-electron chi connectivity index (χ1n) is 7.68. The minimum absolute atomic E-state index is 0.106. The molecular weight excluding hydrogens is 356 g/mol. The molecule has 1 atom stereocenters. The fourth-order valence-electron chi connectivity index (χ4n) is 2.38. The molecule has 4 nitrogen and oxygen atoms in total. The Kier molecular flexibility index (Phi) is 5.31. The second kappa shape index (κ2) is 7.62. The van der Waals surface area contributed by atoms with Crippen LogP contribution >= 0.6 is 15.9 Å². The second-order valence-corrected chi connectivity index (χ2v) is 6.55. The van der Waals surface area contributed by atoms with Gasteiger partial charge >= 0.3 is 0 Å². The zero-order valence-electron chi connectivity index (χ0n) is 12.7. The van der Waals surface area contributed by atoms with Gasteiger partial charge in [0.15, 0.2) is 0 Å². The average Bonchev–Trinajstić information content (AvgIpc) is 2.53. The molecule has 1 unspecified atom stereocenters. The highest BCUT2D eigenvalue weighted by Crippen LogP contribution is 2.24. The van der Waals surface area contributed by atoms with Crippen molar-refractivity contribution in [3.8, 4) is 5.75 Å². The van der Waals surface area contributed by atoms with Gasteiger partial charge in [-0.3, -0.25) is 4.79 Å². The molecule has 2 aromatic rings. The first-order valence-corrected chi connectivity index (χ1v) is 8.47. The summed E-state index contributed by atoms with van der Waals surface area (Å²) in [5.74, 6) is 1.08. The summed E-state index contributed by atoms with van der Waals surface area (Å²) >= 11 is 3.40. The zero-order chi connectivity index (χ0) is 16.1. The molecule has 3 rings (SSSR count). The summed E-state index contributed by atoms with van der Waals surface area (Å²) in [5.41, 5.74) is 0.847. The van der Waals surface area contributed by atoms with Crippen LogP contribution in [0.5, 0.6) is 5.75 Å². The van der Waals surface area contributed by atoms with Gasteiger partial charge in [-0.25, -0.2) is 0 Å². The van der Waals surface area contributed by atoms with Crippen LogP contribution in [0.4, 0.5) is 0 Å². The van der Waals surface area contributed by atoms with E-state index in [0.717, 1.165) is 23.1 Å². The van der Waals surface area contributed by atoms with Gasteiger partial charge in [0.1, 0.15) is 5.75 Å². The molecular formula is C18H19BrN2O2.